The van der Waals surface area contributed by atoms with Gasteiger partial charge in [-0.2, -0.15) is 0 Å². The minimum atomic E-state index is -0.163. The molecule has 0 fully saturated rings. The van der Waals surface area contributed by atoms with Crippen LogP contribution >= 0.6 is 0 Å². The second-order valence-corrected chi connectivity index (χ2v) is 6.89. The van der Waals surface area contributed by atoms with Gasteiger partial charge in [-0.05, 0) is 36.8 Å². The van der Waals surface area contributed by atoms with Crippen LogP contribution in [0.5, 0.6) is 11.5 Å². The van der Waals surface area contributed by atoms with Crippen molar-refractivity contribution in [1.29, 1.82) is 0 Å². The standard InChI is InChI=1S/C23H26N4O4/c1-15(13-29-2)26-22(28)10-7-16-5-8-17(9-6-16)27-23-18-11-20(30-3)21(31-4)12-19(18)24-14-25-23/h5-12,14-15H,13H2,1-4H3,(H,26,28)(H,24,25,27)/b10-7+. The minimum Gasteiger partial charge on any atom is -0.493 e. The summed E-state index contributed by atoms with van der Waals surface area (Å²) in [6, 6.07) is 11.3. The summed E-state index contributed by atoms with van der Waals surface area (Å²) in [5.41, 5.74) is 2.49. The molecule has 0 bridgehead atoms. The van der Waals surface area contributed by atoms with Gasteiger partial charge >= 0.3 is 0 Å². The summed E-state index contributed by atoms with van der Waals surface area (Å²) >= 11 is 0. The Labute approximate surface area is 181 Å². The molecule has 0 saturated carbocycles. The highest BCUT2D eigenvalue weighted by molar-refractivity contribution is 5.93. The number of anilines is 2. The van der Waals surface area contributed by atoms with Crippen molar-refractivity contribution in [3.05, 3.63) is 54.4 Å². The predicted octanol–water partition coefficient (Wildman–Crippen LogP) is 3.55. The number of amides is 1. The molecule has 8 heteroatoms. The summed E-state index contributed by atoms with van der Waals surface area (Å²) in [7, 11) is 4.78. The van der Waals surface area contributed by atoms with Crippen LogP contribution in [-0.4, -0.2) is 49.9 Å². The SMILES string of the molecule is COCC(C)NC(=O)/C=C/c1ccc(Nc2ncnc3cc(OC)c(OC)cc23)cc1. The Balaban J connectivity index is 1.73. The van der Waals surface area contributed by atoms with Gasteiger partial charge in [-0.1, -0.05) is 12.1 Å². The third-order valence-corrected chi connectivity index (χ3v) is 4.55. The fraction of sp³-hybridized carbons (Fsp3) is 0.261. The predicted molar refractivity (Wildman–Crippen MR) is 121 cm³/mol. The quantitative estimate of drug-likeness (QED) is 0.509. The number of nitrogens with zero attached hydrogens (tertiary/aromatic N) is 2. The fourth-order valence-corrected chi connectivity index (χ4v) is 3.05. The lowest BCUT2D eigenvalue weighted by Crippen LogP contribution is -2.34. The van der Waals surface area contributed by atoms with E-state index in [-0.39, 0.29) is 11.9 Å². The molecule has 0 radical (unpaired) electrons. The van der Waals surface area contributed by atoms with Crippen LogP contribution in [0.25, 0.3) is 17.0 Å². The molecule has 0 spiro atoms. The van der Waals surface area contributed by atoms with Crippen molar-refractivity contribution in [3.63, 3.8) is 0 Å². The van der Waals surface area contributed by atoms with Gasteiger partial charge in [0.25, 0.3) is 0 Å². The van der Waals surface area contributed by atoms with Gasteiger partial charge in [0.1, 0.15) is 12.1 Å². The lowest BCUT2D eigenvalue weighted by Gasteiger charge is -2.12. The molecule has 0 aliphatic carbocycles. The molecule has 1 atom stereocenters. The van der Waals surface area contributed by atoms with Crippen molar-refractivity contribution in [2.45, 2.75) is 13.0 Å². The average molecular weight is 422 g/mol. The van der Waals surface area contributed by atoms with Crippen LogP contribution in [-0.2, 0) is 9.53 Å². The number of carbonyl (C=O) groups is 1. The molecule has 162 valence electrons. The minimum absolute atomic E-state index is 0.0463. The number of hydrogen-bond acceptors (Lipinski definition) is 7. The third kappa shape index (κ3) is 5.70. The maximum atomic E-state index is 11.9. The molecule has 31 heavy (non-hydrogen) atoms. The maximum Gasteiger partial charge on any atom is 0.244 e. The van der Waals surface area contributed by atoms with Gasteiger partial charge in [0, 0.05) is 36.4 Å². The van der Waals surface area contributed by atoms with E-state index in [2.05, 4.69) is 20.6 Å². The Morgan fingerprint density at radius 2 is 1.77 bits per heavy atom. The summed E-state index contributed by atoms with van der Waals surface area (Å²) in [5, 5.41) is 6.95. The number of fused-ring (bicyclic) bond motifs is 1. The number of carbonyl (C=O) groups excluding carboxylic acids is 1. The first-order valence-electron chi connectivity index (χ1n) is 9.75. The molecule has 3 rings (SSSR count). The van der Waals surface area contributed by atoms with E-state index in [0.717, 1.165) is 22.2 Å². The lowest BCUT2D eigenvalue weighted by molar-refractivity contribution is -0.117. The molecule has 0 saturated heterocycles. The second kappa shape index (κ2) is 10.4. The zero-order chi connectivity index (χ0) is 22.2. The van der Waals surface area contributed by atoms with Crippen LogP contribution in [0.4, 0.5) is 11.5 Å². The summed E-state index contributed by atoms with van der Waals surface area (Å²) in [6.07, 6.45) is 4.76. The zero-order valence-corrected chi connectivity index (χ0v) is 18.0. The normalized spacial score (nSPS) is 12.0. The summed E-state index contributed by atoms with van der Waals surface area (Å²) in [4.78, 5) is 20.6. The van der Waals surface area contributed by atoms with E-state index in [4.69, 9.17) is 14.2 Å². The Morgan fingerprint density at radius 3 is 2.45 bits per heavy atom. The number of hydrogen-bond donors (Lipinski definition) is 2. The maximum absolute atomic E-state index is 11.9. The Bertz CT molecular complexity index is 1070. The van der Waals surface area contributed by atoms with Crippen LogP contribution < -0.4 is 20.1 Å². The van der Waals surface area contributed by atoms with Gasteiger partial charge in [0.05, 0.1) is 26.3 Å². The van der Waals surface area contributed by atoms with Crippen molar-refractivity contribution in [1.82, 2.24) is 15.3 Å². The first-order valence-corrected chi connectivity index (χ1v) is 9.75. The molecule has 1 unspecified atom stereocenters. The number of methoxy groups -OCH3 is 3. The third-order valence-electron chi connectivity index (χ3n) is 4.55. The topological polar surface area (TPSA) is 94.6 Å². The van der Waals surface area contributed by atoms with E-state index in [1.54, 1.807) is 27.4 Å². The van der Waals surface area contributed by atoms with Gasteiger partial charge in [-0.15, -0.1) is 0 Å². The summed E-state index contributed by atoms with van der Waals surface area (Å²) in [5.74, 6) is 1.70. The zero-order valence-electron chi connectivity index (χ0n) is 18.0. The van der Waals surface area contributed by atoms with E-state index in [0.29, 0.717) is 23.9 Å². The van der Waals surface area contributed by atoms with Crippen LogP contribution in [0.1, 0.15) is 12.5 Å². The molecule has 2 aromatic carbocycles. The number of rotatable bonds is 9. The summed E-state index contributed by atoms with van der Waals surface area (Å²) in [6.45, 7) is 2.36. The molecule has 2 N–H and O–H groups in total. The van der Waals surface area contributed by atoms with Crippen LogP contribution in [0.3, 0.4) is 0 Å². The Hall–Kier alpha value is -3.65. The molecule has 0 aliphatic rings. The molecule has 3 aromatic rings. The van der Waals surface area contributed by atoms with Gasteiger partial charge in [-0.25, -0.2) is 9.97 Å². The van der Waals surface area contributed by atoms with Gasteiger partial charge in [0.15, 0.2) is 11.5 Å². The van der Waals surface area contributed by atoms with Crippen LogP contribution in [0.2, 0.25) is 0 Å². The number of ether oxygens (including phenoxy) is 3. The average Bonchev–Trinajstić information content (AvgIpc) is 2.78. The lowest BCUT2D eigenvalue weighted by atomic mass is 10.1. The highest BCUT2D eigenvalue weighted by Crippen LogP contribution is 2.34. The number of aromatic nitrogens is 2. The molecular formula is C23H26N4O4. The van der Waals surface area contributed by atoms with Crippen molar-refractivity contribution in [3.8, 4) is 11.5 Å². The molecular weight excluding hydrogens is 396 g/mol. The van der Waals surface area contributed by atoms with Gasteiger partial charge in [-0.3, -0.25) is 4.79 Å². The van der Waals surface area contributed by atoms with E-state index in [1.807, 2.05) is 43.3 Å². The van der Waals surface area contributed by atoms with Crippen LogP contribution in [0, 0.1) is 0 Å². The first-order chi connectivity index (χ1) is 15.0. The van der Waals surface area contributed by atoms with Crippen molar-refractivity contribution in [2.75, 3.05) is 33.3 Å². The Morgan fingerprint density at radius 1 is 1.06 bits per heavy atom. The highest BCUT2D eigenvalue weighted by Gasteiger charge is 2.11. The number of nitrogens with one attached hydrogen (secondary N) is 2. The largest absolute Gasteiger partial charge is 0.493 e. The Kier molecular flexibility index (Phi) is 7.40. The van der Waals surface area contributed by atoms with E-state index in [1.165, 1.54) is 12.4 Å². The van der Waals surface area contributed by atoms with E-state index in [9.17, 15) is 4.79 Å². The van der Waals surface area contributed by atoms with Crippen LogP contribution in [0.15, 0.2) is 48.8 Å². The van der Waals surface area contributed by atoms with E-state index >= 15 is 0 Å². The van der Waals surface area contributed by atoms with Crippen molar-refractivity contribution >= 4 is 34.4 Å². The molecule has 0 aliphatic heterocycles. The smallest absolute Gasteiger partial charge is 0.244 e. The van der Waals surface area contributed by atoms with Gasteiger partial charge < -0.3 is 24.8 Å². The number of benzene rings is 2. The van der Waals surface area contributed by atoms with Crippen molar-refractivity contribution in [2.24, 2.45) is 0 Å². The molecule has 1 aromatic heterocycles. The molecule has 1 amide bonds. The van der Waals surface area contributed by atoms with Crippen molar-refractivity contribution < 1.29 is 19.0 Å². The molecule has 1 heterocycles. The highest BCUT2D eigenvalue weighted by atomic mass is 16.5. The molecule has 8 nitrogen and oxygen atoms in total. The second-order valence-electron chi connectivity index (χ2n) is 6.89. The van der Waals surface area contributed by atoms with Gasteiger partial charge in [0.2, 0.25) is 5.91 Å². The summed E-state index contributed by atoms with van der Waals surface area (Å²) < 4.78 is 15.7. The first kappa shape index (κ1) is 22.0. The monoisotopic (exact) mass is 422 g/mol. The van der Waals surface area contributed by atoms with E-state index < -0.39 is 0 Å². The fourth-order valence-electron chi connectivity index (χ4n) is 3.05.